The first-order valence-corrected chi connectivity index (χ1v) is 5.99. The number of phenols is 1. The first-order valence-electron chi connectivity index (χ1n) is 5.99. The second kappa shape index (κ2) is 4.86. The van der Waals surface area contributed by atoms with E-state index in [4.69, 9.17) is 5.73 Å². The molecule has 0 atom stereocenters. The van der Waals surface area contributed by atoms with Crippen LogP contribution < -0.4 is 5.73 Å². The van der Waals surface area contributed by atoms with Gasteiger partial charge in [-0.1, -0.05) is 0 Å². The molecule has 0 spiro atoms. The van der Waals surface area contributed by atoms with Gasteiger partial charge in [-0.3, -0.25) is 4.79 Å². The molecule has 1 saturated carbocycles. The van der Waals surface area contributed by atoms with Gasteiger partial charge in [0.1, 0.15) is 5.75 Å². The lowest BCUT2D eigenvalue weighted by atomic mass is 9.82. The fourth-order valence-electron chi connectivity index (χ4n) is 2.22. The second-order valence-electron chi connectivity index (χ2n) is 4.95. The summed E-state index contributed by atoms with van der Waals surface area (Å²) in [7, 11) is 1.72. The molecule has 0 heterocycles. The molecule has 0 saturated heterocycles. The molecule has 0 aromatic heterocycles. The summed E-state index contributed by atoms with van der Waals surface area (Å²) < 4.78 is 0. The van der Waals surface area contributed by atoms with Crippen molar-refractivity contribution in [2.45, 2.75) is 18.9 Å². The molecule has 5 heteroatoms. The number of hydrogen-bond acceptors (Lipinski definition) is 4. The minimum Gasteiger partial charge on any atom is -0.506 e. The predicted molar refractivity (Wildman–Crippen MR) is 68.2 cm³/mol. The van der Waals surface area contributed by atoms with Gasteiger partial charge in [-0.15, -0.1) is 0 Å². The number of aliphatic hydroxyl groups is 1. The van der Waals surface area contributed by atoms with Crippen molar-refractivity contribution in [3.05, 3.63) is 23.8 Å². The van der Waals surface area contributed by atoms with E-state index in [9.17, 15) is 15.0 Å². The van der Waals surface area contributed by atoms with Gasteiger partial charge in [0.25, 0.3) is 5.91 Å². The van der Waals surface area contributed by atoms with Gasteiger partial charge in [0, 0.05) is 19.2 Å². The fourth-order valence-corrected chi connectivity index (χ4v) is 2.22. The normalized spacial score (nSPS) is 22.3. The van der Waals surface area contributed by atoms with Crippen LogP contribution in [0.5, 0.6) is 5.75 Å². The SMILES string of the molecule is CN(CC1CC(O)C1)C(=O)c1ccc(N)c(O)c1. The summed E-state index contributed by atoms with van der Waals surface area (Å²) in [5, 5.41) is 18.7. The topological polar surface area (TPSA) is 86.8 Å². The lowest BCUT2D eigenvalue weighted by molar-refractivity contribution is 0.0265. The van der Waals surface area contributed by atoms with Crippen LogP contribution in [-0.2, 0) is 0 Å². The molecular weight excluding hydrogens is 232 g/mol. The molecule has 1 aliphatic rings. The Morgan fingerprint density at radius 3 is 2.72 bits per heavy atom. The van der Waals surface area contributed by atoms with Crippen molar-refractivity contribution in [1.29, 1.82) is 0 Å². The van der Waals surface area contributed by atoms with Crippen molar-refractivity contribution in [3.8, 4) is 5.75 Å². The van der Waals surface area contributed by atoms with E-state index in [2.05, 4.69) is 0 Å². The average molecular weight is 250 g/mol. The van der Waals surface area contributed by atoms with Crippen LogP contribution >= 0.6 is 0 Å². The Labute approximate surface area is 106 Å². The van der Waals surface area contributed by atoms with E-state index in [0.717, 1.165) is 12.8 Å². The minimum atomic E-state index is -0.209. The molecule has 4 N–H and O–H groups in total. The molecule has 0 aliphatic heterocycles. The number of hydrogen-bond donors (Lipinski definition) is 3. The average Bonchev–Trinajstić information content (AvgIpc) is 2.29. The molecule has 18 heavy (non-hydrogen) atoms. The maximum Gasteiger partial charge on any atom is 0.253 e. The fraction of sp³-hybridized carbons (Fsp3) is 0.462. The molecule has 1 amide bonds. The molecule has 98 valence electrons. The quantitative estimate of drug-likeness (QED) is 0.547. The van der Waals surface area contributed by atoms with E-state index in [1.807, 2.05) is 0 Å². The van der Waals surface area contributed by atoms with Gasteiger partial charge in [-0.25, -0.2) is 0 Å². The monoisotopic (exact) mass is 250 g/mol. The third kappa shape index (κ3) is 2.56. The van der Waals surface area contributed by atoms with Crippen LogP contribution in [0.25, 0.3) is 0 Å². The van der Waals surface area contributed by atoms with Crippen molar-refractivity contribution >= 4 is 11.6 Å². The molecular formula is C13H18N2O3. The Morgan fingerprint density at radius 2 is 2.17 bits per heavy atom. The summed E-state index contributed by atoms with van der Waals surface area (Å²) in [5.41, 5.74) is 6.17. The van der Waals surface area contributed by atoms with E-state index < -0.39 is 0 Å². The van der Waals surface area contributed by atoms with Crippen molar-refractivity contribution in [3.63, 3.8) is 0 Å². The van der Waals surface area contributed by atoms with Gasteiger partial charge >= 0.3 is 0 Å². The molecule has 1 aromatic rings. The number of benzene rings is 1. The second-order valence-corrected chi connectivity index (χ2v) is 4.95. The number of rotatable bonds is 3. The van der Waals surface area contributed by atoms with E-state index >= 15 is 0 Å². The summed E-state index contributed by atoms with van der Waals surface area (Å²) >= 11 is 0. The van der Waals surface area contributed by atoms with Crippen LogP contribution in [-0.4, -0.2) is 40.7 Å². The highest BCUT2D eigenvalue weighted by atomic mass is 16.3. The Bertz CT molecular complexity index is 456. The molecule has 5 nitrogen and oxygen atoms in total. The van der Waals surface area contributed by atoms with Gasteiger partial charge in [0.2, 0.25) is 0 Å². The number of aliphatic hydroxyl groups excluding tert-OH is 1. The van der Waals surface area contributed by atoms with Crippen LogP contribution in [0.15, 0.2) is 18.2 Å². The largest absolute Gasteiger partial charge is 0.506 e. The van der Waals surface area contributed by atoms with Gasteiger partial charge in [0.15, 0.2) is 0 Å². The van der Waals surface area contributed by atoms with Gasteiger partial charge in [0.05, 0.1) is 11.8 Å². The number of nitrogen functional groups attached to an aromatic ring is 1. The minimum absolute atomic E-state index is 0.0756. The number of amides is 1. The first-order chi connectivity index (χ1) is 8.47. The summed E-state index contributed by atoms with van der Waals surface area (Å²) in [5.74, 6) is 0.149. The zero-order valence-corrected chi connectivity index (χ0v) is 10.3. The molecule has 1 aliphatic carbocycles. The maximum atomic E-state index is 12.1. The van der Waals surface area contributed by atoms with Crippen LogP contribution in [0.1, 0.15) is 23.2 Å². The lowest BCUT2D eigenvalue weighted by Gasteiger charge is -2.34. The van der Waals surface area contributed by atoms with Gasteiger partial charge in [-0.05, 0) is 37.0 Å². The standard InChI is InChI=1S/C13H18N2O3/c1-15(7-8-4-10(16)5-8)13(18)9-2-3-11(14)12(17)6-9/h2-3,6,8,10,16-17H,4-5,7,14H2,1H3. The molecule has 0 bridgehead atoms. The summed E-state index contributed by atoms with van der Waals surface area (Å²) in [6.07, 6.45) is 1.30. The highest BCUT2D eigenvalue weighted by molar-refractivity contribution is 5.95. The van der Waals surface area contributed by atoms with Crippen LogP contribution in [0.3, 0.4) is 0 Å². The predicted octanol–water partition coefficient (Wildman–Crippen LogP) is 0.817. The van der Waals surface area contributed by atoms with Crippen molar-refractivity contribution in [2.24, 2.45) is 5.92 Å². The Balaban J connectivity index is 1.99. The maximum absolute atomic E-state index is 12.1. The number of carbonyl (C=O) groups excluding carboxylic acids is 1. The number of anilines is 1. The summed E-state index contributed by atoms with van der Waals surface area (Å²) in [4.78, 5) is 13.7. The number of nitrogens with two attached hydrogens (primary N) is 1. The third-order valence-corrected chi connectivity index (χ3v) is 3.37. The first kappa shape index (κ1) is 12.7. The molecule has 0 radical (unpaired) electrons. The summed E-state index contributed by atoms with van der Waals surface area (Å²) in [6.45, 7) is 0.626. The highest BCUT2D eigenvalue weighted by Gasteiger charge is 2.29. The van der Waals surface area contributed by atoms with E-state index in [-0.39, 0.29) is 23.4 Å². The van der Waals surface area contributed by atoms with E-state index in [1.54, 1.807) is 18.0 Å². The number of nitrogens with zero attached hydrogens (tertiary/aromatic N) is 1. The Morgan fingerprint density at radius 1 is 1.50 bits per heavy atom. The summed E-state index contributed by atoms with van der Waals surface area (Å²) in [6, 6.07) is 4.50. The Kier molecular flexibility index (Phi) is 3.43. The smallest absolute Gasteiger partial charge is 0.253 e. The molecule has 1 fully saturated rings. The zero-order chi connectivity index (χ0) is 13.3. The number of aromatic hydroxyl groups is 1. The van der Waals surface area contributed by atoms with Crippen LogP contribution in [0.4, 0.5) is 5.69 Å². The van der Waals surface area contributed by atoms with Gasteiger partial charge in [-0.2, -0.15) is 0 Å². The van der Waals surface area contributed by atoms with Crippen molar-refractivity contribution in [2.75, 3.05) is 19.3 Å². The lowest BCUT2D eigenvalue weighted by Crippen LogP contribution is -2.39. The van der Waals surface area contributed by atoms with E-state index in [1.165, 1.54) is 12.1 Å². The van der Waals surface area contributed by atoms with Crippen LogP contribution in [0, 0.1) is 5.92 Å². The highest BCUT2D eigenvalue weighted by Crippen LogP contribution is 2.28. The van der Waals surface area contributed by atoms with Gasteiger partial charge < -0.3 is 20.8 Å². The van der Waals surface area contributed by atoms with Crippen LogP contribution in [0.2, 0.25) is 0 Å². The van der Waals surface area contributed by atoms with E-state index in [0.29, 0.717) is 18.0 Å². The molecule has 1 aromatic carbocycles. The Hall–Kier alpha value is -1.75. The third-order valence-electron chi connectivity index (χ3n) is 3.37. The molecule has 0 unspecified atom stereocenters. The number of carbonyl (C=O) groups is 1. The van der Waals surface area contributed by atoms with Crippen molar-refractivity contribution in [1.82, 2.24) is 4.90 Å². The number of phenolic OH excluding ortho intramolecular Hbond substituents is 1. The molecule has 2 rings (SSSR count). The van der Waals surface area contributed by atoms with Crippen molar-refractivity contribution < 1.29 is 15.0 Å². The zero-order valence-electron chi connectivity index (χ0n) is 10.3.